The number of hydrogen-bond donors (Lipinski definition) is 2. The van der Waals surface area contributed by atoms with E-state index in [1.54, 1.807) is 37.3 Å². The van der Waals surface area contributed by atoms with Gasteiger partial charge in [0.25, 0.3) is 0 Å². The van der Waals surface area contributed by atoms with Crippen molar-refractivity contribution in [2.45, 2.75) is 6.92 Å². The maximum Gasteiger partial charge on any atom is 0.136 e. The predicted octanol–water partition coefficient (Wildman–Crippen LogP) is 4.55. The Hall–Kier alpha value is -3.02. The molecule has 0 aliphatic rings. The second-order valence-corrected chi connectivity index (χ2v) is 4.95. The zero-order valence-corrected chi connectivity index (χ0v) is 12.3. The summed E-state index contributed by atoms with van der Waals surface area (Å²) in [5, 5.41) is 6.18. The molecule has 3 rings (SSSR count). The van der Waals surface area contributed by atoms with E-state index in [4.69, 9.17) is 0 Å². The Bertz CT molecular complexity index is 736. The van der Waals surface area contributed by atoms with Gasteiger partial charge in [-0.25, -0.2) is 18.7 Å². The van der Waals surface area contributed by atoms with Crippen LogP contribution in [0, 0.1) is 18.6 Å². The fourth-order valence-electron chi connectivity index (χ4n) is 2.06. The first-order valence-corrected chi connectivity index (χ1v) is 6.99. The molecule has 2 aromatic carbocycles. The number of aryl methyl sites for hydroxylation is 1. The lowest BCUT2D eigenvalue weighted by Crippen LogP contribution is -2.01. The van der Waals surface area contributed by atoms with Crippen LogP contribution in [0.15, 0.2) is 54.6 Å². The zero-order chi connectivity index (χ0) is 16.2. The van der Waals surface area contributed by atoms with Gasteiger partial charge in [-0.05, 0) is 55.5 Å². The lowest BCUT2D eigenvalue weighted by Gasteiger charge is -2.10. The van der Waals surface area contributed by atoms with Crippen LogP contribution in [0.25, 0.3) is 0 Å². The van der Waals surface area contributed by atoms with Crippen LogP contribution in [0.1, 0.15) is 5.82 Å². The quantitative estimate of drug-likeness (QED) is 0.742. The van der Waals surface area contributed by atoms with Crippen molar-refractivity contribution < 1.29 is 8.78 Å². The molecule has 0 bridgehead atoms. The van der Waals surface area contributed by atoms with E-state index in [0.29, 0.717) is 17.5 Å². The molecule has 0 radical (unpaired) electrons. The average molecular weight is 312 g/mol. The fourth-order valence-corrected chi connectivity index (χ4v) is 2.06. The molecule has 0 unspecified atom stereocenters. The van der Waals surface area contributed by atoms with E-state index in [2.05, 4.69) is 20.6 Å². The smallest absolute Gasteiger partial charge is 0.136 e. The highest BCUT2D eigenvalue weighted by Crippen LogP contribution is 2.20. The van der Waals surface area contributed by atoms with Gasteiger partial charge in [-0.2, -0.15) is 0 Å². The molecule has 0 aliphatic carbocycles. The third-order valence-electron chi connectivity index (χ3n) is 3.07. The Morgan fingerprint density at radius 3 is 1.48 bits per heavy atom. The molecule has 1 aromatic heterocycles. The lowest BCUT2D eigenvalue weighted by atomic mass is 10.3. The summed E-state index contributed by atoms with van der Waals surface area (Å²) in [4.78, 5) is 8.58. The van der Waals surface area contributed by atoms with Crippen molar-refractivity contribution in [3.63, 3.8) is 0 Å². The van der Waals surface area contributed by atoms with Crippen LogP contribution < -0.4 is 10.6 Å². The van der Waals surface area contributed by atoms with Gasteiger partial charge in [0.05, 0.1) is 0 Å². The van der Waals surface area contributed by atoms with Gasteiger partial charge in [-0.15, -0.1) is 0 Å². The fraction of sp³-hybridized carbons (Fsp3) is 0.0588. The number of rotatable bonds is 4. The Kier molecular flexibility index (Phi) is 4.14. The van der Waals surface area contributed by atoms with Crippen molar-refractivity contribution in [3.05, 3.63) is 72.1 Å². The summed E-state index contributed by atoms with van der Waals surface area (Å²) in [6.45, 7) is 1.77. The minimum Gasteiger partial charge on any atom is -0.340 e. The highest BCUT2D eigenvalue weighted by atomic mass is 19.1. The second-order valence-electron chi connectivity index (χ2n) is 4.95. The molecule has 0 saturated heterocycles. The average Bonchev–Trinajstić information content (AvgIpc) is 2.51. The van der Waals surface area contributed by atoms with Crippen molar-refractivity contribution in [1.29, 1.82) is 0 Å². The summed E-state index contributed by atoms with van der Waals surface area (Å²) < 4.78 is 25.9. The van der Waals surface area contributed by atoms with Crippen LogP contribution in [0.3, 0.4) is 0 Å². The van der Waals surface area contributed by atoms with E-state index in [9.17, 15) is 8.78 Å². The summed E-state index contributed by atoms with van der Waals surface area (Å²) in [6, 6.07) is 13.7. The van der Waals surface area contributed by atoms with Crippen molar-refractivity contribution in [1.82, 2.24) is 9.97 Å². The first-order chi connectivity index (χ1) is 11.1. The maximum atomic E-state index is 12.9. The molecule has 0 saturated carbocycles. The van der Waals surface area contributed by atoms with Gasteiger partial charge >= 0.3 is 0 Å². The molecule has 4 nitrogen and oxygen atoms in total. The second kappa shape index (κ2) is 6.39. The number of aromatic nitrogens is 2. The summed E-state index contributed by atoms with van der Waals surface area (Å²) in [6.07, 6.45) is 0. The molecule has 0 spiro atoms. The van der Waals surface area contributed by atoms with Gasteiger partial charge in [0, 0.05) is 17.4 Å². The molecule has 1 heterocycles. The Morgan fingerprint density at radius 1 is 0.696 bits per heavy atom. The van der Waals surface area contributed by atoms with Gasteiger partial charge in [0.2, 0.25) is 0 Å². The van der Waals surface area contributed by atoms with E-state index >= 15 is 0 Å². The molecular weight excluding hydrogens is 298 g/mol. The molecule has 2 N–H and O–H groups in total. The van der Waals surface area contributed by atoms with E-state index in [-0.39, 0.29) is 11.6 Å². The highest BCUT2D eigenvalue weighted by Gasteiger charge is 2.04. The number of benzene rings is 2. The normalized spacial score (nSPS) is 10.4. The van der Waals surface area contributed by atoms with Crippen LogP contribution in [0.4, 0.5) is 31.8 Å². The number of halogens is 2. The molecule has 0 atom stereocenters. The molecule has 6 heteroatoms. The van der Waals surface area contributed by atoms with Crippen molar-refractivity contribution in [2.75, 3.05) is 10.6 Å². The largest absolute Gasteiger partial charge is 0.340 e. The first-order valence-electron chi connectivity index (χ1n) is 6.99. The van der Waals surface area contributed by atoms with Gasteiger partial charge in [0.1, 0.15) is 29.1 Å². The Labute approximate surface area is 132 Å². The predicted molar refractivity (Wildman–Crippen MR) is 86.1 cm³/mol. The van der Waals surface area contributed by atoms with Gasteiger partial charge in [-0.1, -0.05) is 0 Å². The zero-order valence-electron chi connectivity index (χ0n) is 12.3. The molecular formula is C17H14F2N4. The first kappa shape index (κ1) is 14.9. The number of anilines is 4. The van der Waals surface area contributed by atoms with E-state index < -0.39 is 0 Å². The van der Waals surface area contributed by atoms with Crippen LogP contribution in [0.5, 0.6) is 0 Å². The molecule has 0 aliphatic heterocycles. The molecule has 116 valence electrons. The number of nitrogens with one attached hydrogen (secondary N) is 2. The molecule has 3 aromatic rings. The van der Waals surface area contributed by atoms with Crippen molar-refractivity contribution in [3.8, 4) is 0 Å². The lowest BCUT2D eigenvalue weighted by molar-refractivity contribution is 0.627. The van der Waals surface area contributed by atoms with Gasteiger partial charge in [-0.3, -0.25) is 0 Å². The summed E-state index contributed by atoms with van der Waals surface area (Å²) in [5.41, 5.74) is 1.44. The van der Waals surface area contributed by atoms with E-state index in [0.717, 1.165) is 11.4 Å². The minimum atomic E-state index is -0.298. The third-order valence-corrected chi connectivity index (χ3v) is 3.07. The Morgan fingerprint density at radius 2 is 1.09 bits per heavy atom. The summed E-state index contributed by atoms with van der Waals surface area (Å²) in [5.74, 6) is 1.13. The monoisotopic (exact) mass is 312 g/mol. The highest BCUT2D eigenvalue weighted by molar-refractivity contribution is 5.63. The standard InChI is InChI=1S/C17H14F2N4/c1-11-20-16(22-14-6-2-12(18)3-7-14)10-17(21-11)23-15-8-4-13(19)5-9-15/h2-10H,1H3,(H2,20,21,22,23). The Balaban J connectivity index is 1.81. The molecule has 23 heavy (non-hydrogen) atoms. The van der Waals surface area contributed by atoms with Gasteiger partial charge in [0.15, 0.2) is 0 Å². The van der Waals surface area contributed by atoms with E-state index in [1.165, 1.54) is 24.3 Å². The van der Waals surface area contributed by atoms with Crippen LogP contribution in [-0.4, -0.2) is 9.97 Å². The topological polar surface area (TPSA) is 49.8 Å². The number of hydrogen-bond acceptors (Lipinski definition) is 4. The minimum absolute atomic E-state index is 0.298. The molecule has 0 amide bonds. The summed E-state index contributed by atoms with van der Waals surface area (Å²) >= 11 is 0. The van der Waals surface area contributed by atoms with Crippen LogP contribution >= 0.6 is 0 Å². The molecule has 0 fully saturated rings. The summed E-state index contributed by atoms with van der Waals surface area (Å²) in [7, 11) is 0. The van der Waals surface area contributed by atoms with Crippen molar-refractivity contribution in [2.24, 2.45) is 0 Å². The van der Waals surface area contributed by atoms with E-state index in [1.807, 2.05) is 0 Å². The maximum absolute atomic E-state index is 12.9. The van der Waals surface area contributed by atoms with Crippen molar-refractivity contribution >= 4 is 23.0 Å². The SMILES string of the molecule is Cc1nc(Nc2ccc(F)cc2)cc(Nc2ccc(F)cc2)n1. The third kappa shape index (κ3) is 4.00. The van der Waals surface area contributed by atoms with Crippen LogP contribution in [-0.2, 0) is 0 Å². The van der Waals surface area contributed by atoms with Gasteiger partial charge < -0.3 is 10.6 Å². The number of nitrogens with zero attached hydrogens (tertiary/aromatic N) is 2. The van der Waals surface area contributed by atoms with Crippen LogP contribution in [0.2, 0.25) is 0 Å².